The van der Waals surface area contributed by atoms with E-state index in [9.17, 15) is 8.42 Å². The van der Waals surface area contributed by atoms with Gasteiger partial charge in [-0.15, -0.1) is 0 Å². The average Bonchev–Trinajstić information content (AvgIpc) is 2.79. The summed E-state index contributed by atoms with van der Waals surface area (Å²) in [6, 6.07) is 2.95. The van der Waals surface area contributed by atoms with E-state index in [4.69, 9.17) is 10.8 Å². The number of aliphatic hydroxyl groups excluding tert-OH is 1. The Morgan fingerprint density at radius 3 is 2.89 bits per heavy atom. The number of rotatable bonds is 4. The van der Waals surface area contributed by atoms with Gasteiger partial charge in [-0.3, -0.25) is 0 Å². The molecule has 1 aromatic rings. The van der Waals surface area contributed by atoms with Gasteiger partial charge in [0.2, 0.25) is 10.0 Å². The molecule has 0 bridgehead atoms. The summed E-state index contributed by atoms with van der Waals surface area (Å²) in [4.78, 5) is 3.97. The van der Waals surface area contributed by atoms with Crippen LogP contribution in [0.1, 0.15) is 12.8 Å². The van der Waals surface area contributed by atoms with Crippen molar-refractivity contribution in [3.8, 4) is 0 Å². The number of aromatic nitrogens is 1. The fourth-order valence-electron chi connectivity index (χ4n) is 2.13. The molecular weight excluding hydrogens is 254 g/mol. The average molecular weight is 271 g/mol. The molecule has 2 heterocycles. The van der Waals surface area contributed by atoms with Crippen molar-refractivity contribution in [3.63, 3.8) is 0 Å². The summed E-state index contributed by atoms with van der Waals surface area (Å²) in [5.41, 5.74) is 5.44. The predicted octanol–water partition coefficient (Wildman–Crippen LogP) is 0.0568. The van der Waals surface area contributed by atoms with Crippen LogP contribution in [0.4, 0.5) is 5.82 Å². The van der Waals surface area contributed by atoms with E-state index in [2.05, 4.69) is 4.98 Å². The number of hydrogen-bond acceptors (Lipinski definition) is 5. The highest BCUT2D eigenvalue weighted by atomic mass is 32.2. The van der Waals surface area contributed by atoms with E-state index in [0.29, 0.717) is 25.3 Å². The monoisotopic (exact) mass is 271 g/mol. The molecule has 1 unspecified atom stereocenters. The van der Waals surface area contributed by atoms with Crippen LogP contribution >= 0.6 is 0 Å². The van der Waals surface area contributed by atoms with Crippen LogP contribution in [-0.2, 0) is 10.0 Å². The molecule has 7 heteroatoms. The highest BCUT2D eigenvalue weighted by Crippen LogP contribution is 2.25. The van der Waals surface area contributed by atoms with E-state index in [1.165, 1.54) is 22.6 Å². The van der Waals surface area contributed by atoms with Gasteiger partial charge in [0.15, 0.2) is 0 Å². The number of anilines is 1. The first-order valence-corrected chi connectivity index (χ1v) is 7.30. The second kappa shape index (κ2) is 5.21. The second-order valence-electron chi connectivity index (χ2n) is 4.45. The zero-order valence-electron chi connectivity index (χ0n) is 9.99. The zero-order valence-corrected chi connectivity index (χ0v) is 10.8. The van der Waals surface area contributed by atoms with Crippen molar-refractivity contribution in [1.82, 2.24) is 9.29 Å². The SMILES string of the molecule is Nc1ccc(S(=O)(=O)N2CCC(CCO)C2)cn1. The maximum Gasteiger partial charge on any atom is 0.244 e. The Morgan fingerprint density at radius 1 is 1.50 bits per heavy atom. The molecule has 1 aliphatic rings. The third kappa shape index (κ3) is 2.63. The maximum absolute atomic E-state index is 12.3. The van der Waals surface area contributed by atoms with Crippen molar-refractivity contribution in [2.75, 3.05) is 25.4 Å². The van der Waals surface area contributed by atoms with Crippen molar-refractivity contribution < 1.29 is 13.5 Å². The summed E-state index contributed by atoms with van der Waals surface area (Å²) in [5, 5.41) is 8.87. The van der Waals surface area contributed by atoms with E-state index < -0.39 is 10.0 Å². The highest BCUT2D eigenvalue weighted by molar-refractivity contribution is 7.89. The fraction of sp³-hybridized carbons (Fsp3) is 0.545. The van der Waals surface area contributed by atoms with Crippen LogP contribution in [0, 0.1) is 5.92 Å². The molecule has 3 N–H and O–H groups in total. The fourth-order valence-corrected chi connectivity index (χ4v) is 3.60. The van der Waals surface area contributed by atoms with Gasteiger partial charge in [-0.2, -0.15) is 4.31 Å². The third-order valence-corrected chi connectivity index (χ3v) is 5.03. The number of nitrogens with two attached hydrogens (primary N) is 1. The molecule has 0 aliphatic carbocycles. The first kappa shape index (κ1) is 13.3. The largest absolute Gasteiger partial charge is 0.396 e. The summed E-state index contributed by atoms with van der Waals surface area (Å²) in [6.45, 7) is 1.06. The molecule has 0 radical (unpaired) electrons. The first-order valence-electron chi connectivity index (χ1n) is 5.86. The molecule has 1 atom stereocenters. The molecule has 0 spiro atoms. The van der Waals surface area contributed by atoms with Gasteiger partial charge in [0.1, 0.15) is 10.7 Å². The quantitative estimate of drug-likeness (QED) is 0.807. The van der Waals surface area contributed by atoms with E-state index in [-0.39, 0.29) is 17.4 Å². The highest BCUT2D eigenvalue weighted by Gasteiger charge is 2.32. The van der Waals surface area contributed by atoms with Crippen molar-refractivity contribution >= 4 is 15.8 Å². The van der Waals surface area contributed by atoms with E-state index in [1.54, 1.807) is 0 Å². The molecule has 2 rings (SSSR count). The summed E-state index contributed by atoms with van der Waals surface area (Å²) in [7, 11) is -3.47. The van der Waals surface area contributed by atoms with Crippen LogP contribution < -0.4 is 5.73 Å². The molecule has 0 saturated carbocycles. The third-order valence-electron chi connectivity index (χ3n) is 3.18. The lowest BCUT2D eigenvalue weighted by atomic mass is 10.1. The number of nitrogen functional groups attached to an aromatic ring is 1. The topological polar surface area (TPSA) is 96.5 Å². The van der Waals surface area contributed by atoms with Crippen LogP contribution in [0.15, 0.2) is 23.2 Å². The van der Waals surface area contributed by atoms with Crippen LogP contribution in [0.25, 0.3) is 0 Å². The molecule has 18 heavy (non-hydrogen) atoms. The number of aliphatic hydroxyl groups is 1. The van der Waals surface area contributed by atoms with Crippen molar-refractivity contribution in [3.05, 3.63) is 18.3 Å². The lowest BCUT2D eigenvalue weighted by molar-refractivity contribution is 0.259. The van der Waals surface area contributed by atoms with Crippen molar-refractivity contribution in [1.29, 1.82) is 0 Å². The first-order chi connectivity index (χ1) is 8.54. The van der Waals surface area contributed by atoms with Crippen LogP contribution in [0.3, 0.4) is 0 Å². The smallest absolute Gasteiger partial charge is 0.244 e. The van der Waals surface area contributed by atoms with Crippen LogP contribution in [0.5, 0.6) is 0 Å². The number of nitrogens with zero attached hydrogens (tertiary/aromatic N) is 2. The molecule has 1 fully saturated rings. The lowest BCUT2D eigenvalue weighted by Crippen LogP contribution is -2.29. The summed E-state index contributed by atoms with van der Waals surface area (Å²) in [6.07, 6.45) is 2.72. The Morgan fingerprint density at radius 2 is 2.28 bits per heavy atom. The lowest BCUT2D eigenvalue weighted by Gasteiger charge is -2.16. The minimum Gasteiger partial charge on any atom is -0.396 e. The molecule has 6 nitrogen and oxygen atoms in total. The minimum atomic E-state index is -3.47. The summed E-state index contributed by atoms with van der Waals surface area (Å²) >= 11 is 0. The normalized spacial score (nSPS) is 21.3. The molecule has 0 amide bonds. The van der Waals surface area contributed by atoms with Gasteiger partial charge in [-0.05, 0) is 30.9 Å². The molecule has 0 aromatic carbocycles. The second-order valence-corrected chi connectivity index (χ2v) is 6.39. The van der Waals surface area contributed by atoms with Gasteiger partial charge in [-0.25, -0.2) is 13.4 Å². The Balaban J connectivity index is 2.15. The number of pyridine rings is 1. The van der Waals surface area contributed by atoms with Crippen molar-refractivity contribution in [2.45, 2.75) is 17.7 Å². The van der Waals surface area contributed by atoms with E-state index in [1.807, 2.05) is 0 Å². The van der Waals surface area contributed by atoms with Crippen LogP contribution in [0.2, 0.25) is 0 Å². The van der Waals surface area contributed by atoms with Crippen LogP contribution in [-0.4, -0.2) is 42.5 Å². The van der Waals surface area contributed by atoms with Gasteiger partial charge in [0, 0.05) is 25.9 Å². The Kier molecular flexibility index (Phi) is 3.84. The predicted molar refractivity (Wildman–Crippen MR) is 67.2 cm³/mol. The maximum atomic E-state index is 12.3. The van der Waals surface area contributed by atoms with Gasteiger partial charge >= 0.3 is 0 Å². The standard InChI is InChI=1S/C11H17N3O3S/c12-11-2-1-10(7-13-11)18(16,17)14-5-3-9(8-14)4-6-15/h1-2,7,9,15H,3-6,8H2,(H2,12,13). The number of sulfonamides is 1. The van der Waals surface area contributed by atoms with E-state index in [0.717, 1.165) is 6.42 Å². The molecule has 100 valence electrons. The van der Waals surface area contributed by atoms with Crippen molar-refractivity contribution in [2.24, 2.45) is 5.92 Å². The van der Waals surface area contributed by atoms with Gasteiger partial charge in [-0.1, -0.05) is 0 Å². The molecular formula is C11H17N3O3S. The summed E-state index contributed by atoms with van der Waals surface area (Å²) < 4.78 is 26.0. The zero-order chi connectivity index (χ0) is 13.2. The Bertz CT molecular complexity index is 501. The van der Waals surface area contributed by atoms with Gasteiger partial charge in [0.05, 0.1) is 0 Å². The van der Waals surface area contributed by atoms with Gasteiger partial charge in [0.25, 0.3) is 0 Å². The molecule has 1 aliphatic heterocycles. The molecule has 1 saturated heterocycles. The summed E-state index contributed by atoms with van der Waals surface area (Å²) in [5.74, 6) is 0.542. The minimum absolute atomic E-state index is 0.0992. The van der Waals surface area contributed by atoms with E-state index >= 15 is 0 Å². The Hall–Kier alpha value is -1.18. The number of hydrogen-bond donors (Lipinski definition) is 2. The molecule has 1 aromatic heterocycles. The Labute approximate surface area is 106 Å². The van der Waals surface area contributed by atoms with Gasteiger partial charge < -0.3 is 10.8 Å².